The molecule has 1 aliphatic heterocycles. The summed E-state index contributed by atoms with van der Waals surface area (Å²) in [5.74, 6) is 0.463. The first-order valence-corrected chi connectivity index (χ1v) is 9.44. The maximum atomic E-state index is 12.9. The summed E-state index contributed by atoms with van der Waals surface area (Å²) < 4.78 is 28.9. The fourth-order valence-corrected chi connectivity index (χ4v) is 4.67. The van der Waals surface area contributed by atoms with Gasteiger partial charge in [-0.25, -0.2) is 8.42 Å². The van der Waals surface area contributed by atoms with Crippen LogP contribution in [0.3, 0.4) is 0 Å². The second-order valence-corrected chi connectivity index (χ2v) is 8.24. The molecule has 1 amide bonds. The molecule has 7 heteroatoms. The lowest BCUT2D eigenvalue weighted by Gasteiger charge is -2.27. The van der Waals surface area contributed by atoms with Crippen LogP contribution >= 0.6 is 11.6 Å². The van der Waals surface area contributed by atoms with E-state index in [-0.39, 0.29) is 30.0 Å². The Balaban J connectivity index is 1.89. The highest BCUT2D eigenvalue weighted by Crippen LogP contribution is 2.23. The highest BCUT2D eigenvalue weighted by Gasteiger charge is 2.35. The fraction of sp³-hybridized carbons (Fsp3) is 0.312. The van der Waals surface area contributed by atoms with Gasteiger partial charge >= 0.3 is 0 Å². The van der Waals surface area contributed by atoms with E-state index < -0.39 is 9.84 Å². The Morgan fingerprint density at radius 3 is 2.74 bits per heavy atom. The molecule has 3 rings (SSSR count). The zero-order valence-corrected chi connectivity index (χ0v) is 13.9. The van der Waals surface area contributed by atoms with Crippen molar-refractivity contribution in [3.63, 3.8) is 0 Å². The lowest BCUT2D eigenvalue weighted by Crippen LogP contribution is -2.40. The maximum Gasteiger partial charge on any atom is 0.254 e. The summed E-state index contributed by atoms with van der Waals surface area (Å²) >= 11 is 5.96. The van der Waals surface area contributed by atoms with Crippen LogP contribution in [0.2, 0.25) is 5.02 Å². The molecule has 23 heavy (non-hydrogen) atoms. The molecule has 0 aliphatic carbocycles. The molecular formula is C16H16ClNO4S. The van der Waals surface area contributed by atoms with Gasteiger partial charge in [-0.15, -0.1) is 0 Å². The van der Waals surface area contributed by atoms with Gasteiger partial charge in [0.2, 0.25) is 0 Å². The van der Waals surface area contributed by atoms with Crippen LogP contribution in [0.15, 0.2) is 47.1 Å². The topological polar surface area (TPSA) is 67.6 Å². The van der Waals surface area contributed by atoms with Crippen molar-refractivity contribution in [2.45, 2.75) is 19.0 Å². The first kappa shape index (κ1) is 16.1. The van der Waals surface area contributed by atoms with Crippen molar-refractivity contribution in [2.75, 3.05) is 11.5 Å². The van der Waals surface area contributed by atoms with Crippen molar-refractivity contribution in [2.24, 2.45) is 0 Å². The van der Waals surface area contributed by atoms with Crippen LogP contribution in [0.25, 0.3) is 0 Å². The summed E-state index contributed by atoms with van der Waals surface area (Å²) in [6.45, 7) is 0.235. The molecule has 0 spiro atoms. The minimum atomic E-state index is -3.09. The number of furan rings is 1. The van der Waals surface area contributed by atoms with E-state index in [4.69, 9.17) is 16.0 Å². The van der Waals surface area contributed by atoms with Crippen LogP contribution in [-0.2, 0) is 16.4 Å². The molecule has 0 unspecified atom stereocenters. The molecule has 0 N–H and O–H groups in total. The van der Waals surface area contributed by atoms with Gasteiger partial charge in [-0.2, -0.15) is 0 Å². The number of halogens is 1. The van der Waals surface area contributed by atoms with E-state index in [9.17, 15) is 13.2 Å². The fourth-order valence-electron chi connectivity index (χ4n) is 2.75. The molecule has 0 radical (unpaired) electrons. The molecule has 1 aromatic heterocycles. The number of benzene rings is 1. The average Bonchev–Trinajstić information content (AvgIpc) is 3.13. The normalized spacial score (nSPS) is 19.6. The molecule has 0 saturated carbocycles. The molecule has 1 aromatic carbocycles. The van der Waals surface area contributed by atoms with Crippen molar-refractivity contribution >= 4 is 27.3 Å². The molecule has 1 aliphatic rings. The Morgan fingerprint density at radius 1 is 1.30 bits per heavy atom. The largest absolute Gasteiger partial charge is 0.467 e. The minimum Gasteiger partial charge on any atom is -0.467 e. The number of carbonyl (C=O) groups is 1. The number of nitrogens with zero attached hydrogens (tertiary/aromatic N) is 1. The molecular weight excluding hydrogens is 338 g/mol. The Morgan fingerprint density at radius 2 is 2.13 bits per heavy atom. The van der Waals surface area contributed by atoms with Crippen LogP contribution in [0.4, 0.5) is 0 Å². The summed E-state index contributed by atoms with van der Waals surface area (Å²) in [5, 5.41) is 0.466. The van der Waals surface area contributed by atoms with Crippen molar-refractivity contribution in [1.29, 1.82) is 0 Å². The monoisotopic (exact) mass is 353 g/mol. The summed E-state index contributed by atoms with van der Waals surface area (Å²) in [6, 6.07) is 9.80. The molecule has 2 aromatic rings. The Bertz CT molecular complexity index is 801. The SMILES string of the molecule is O=C(c1cccc(Cl)c1)N(Cc1ccco1)[C@@H]1CCS(=O)(=O)C1. The summed E-state index contributed by atoms with van der Waals surface area (Å²) in [5.41, 5.74) is 0.438. The zero-order valence-electron chi connectivity index (χ0n) is 12.3. The number of rotatable bonds is 4. The van der Waals surface area contributed by atoms with E-state index in [1.807, 2.05) is 0 Å². The summed E-state index contributed by atoms with van der Waals surface area (Å²) in [6.07, 6.45) is 1.97. The molecule has 1 atom stereocenters. The highest BCUT2D eigenvalue weighted by atomic mass is 35.5. The number of carbonyl (C=O) groups excluding carboxylic acids is 1. The van der Waals surface area contributed by atoms with Gasteiger partial charge in [0.1, 0.15) is 5.76 Å². The third-order valence-corrected chi connectivity index (χ3v) is 5.87. The number of hydrogen-bond donors (Lipinski definition) is 0. The standard InChI is InChI=1S/C16H16ClNO4S/c17-13-4-1-3-12(9-13)16(19)18(10-15-5-2-7-22-15)14-6-8-23(20,21)11-14/h1-5,7,9,14H,6,8,10-11H2/t14-/m1/s1. The minimum absolute atomic E-state index is 0.0139. The predicted molar refractivity (Wildman–Crippen MR) is 87.1 cm³/mol. The molecule has 5 nitrogen and oxygen atoms in total. The van der Waals surface area contributed by atoms with Gasteiger partial charge in [-0.1, -0.05) is 17.7 Å². The maximum absolute atomic E-state index is 12.9. The third kappa shape index (κ3) is 3.76. The van der Waals surface area contributed by atoms with E-state index in [0.29, 0.717) is 22.8 Å². The van der Waals surface area contributed by atoms with E-state index >= 15 is 0 Å². The quantitative estimate of drug-likeness (QED) is 0.847. The van der Waals surface area contributed by atoms with Crippen molar-refractivity contribution in [3.05, 3.63) is 59.0 Å². The first-order chi connectivity index (χ1) is 10.9. The van der Waals surface area contributed by atoms with Gasteiger partial charge in [0.15, 0.2) is 9.84 Å². The smallest absolute Gasteiger partial charge is 0.254 e. The van der Waals surface area contributed by atoms with Crippen LogP contribution < -0.4 is 0 Å². The van der Waals surface area contributed by atoms with Gasteiger partial charge in [-0.05, 0) is 36.8 Å². The molecule has 1 fully saturated rings. The van der Waals surface area contributed by atoms with Gasteiger partial charge < -0.3 is 9.32 Å². The second-order valence-electron chi connectivity index (χ2n) is 5.58. The summed E-state index contributed by atoms with van der Waals surface area (Å²) in [7, 11) is -3.09. The van der Waals surface area contributed by atoms with Gasteiger partial charge in [0.25, 0.3) is 5.91 Å². The van der Waals surface area contributed by atoms with E-state index in [1.54, 1.807) is 41.3 Å². The molecule has 2 heterocycles. The van der Waals surface area contributed by atoms with Gasteiger partial charge in [-0.3, -0.25) is 4.79 Å². The van der Waals surface area contributed by atoms with Crippen molar-refractivity contribution < 1.29 is 17.6 Å². The lowest BCUT2D eigenvalue weighted by atomic mass is 10.1. The van der Waals surface area contributed by atoms with Crippen molar-refractivity contribution in [3.8, 4) is 0 Å². The first-order valence-electron chi connectivity index (χ1n) is 7.24. The average molecular weight is 354 g/mol. The number of amides is 1. The second kappa shape index (κ2) is 6.37. The highest BCUT2D eigenvalue weighted by molar-refractivity contribution is 7.91. The molecule has 0 bridgehead atoms. The van der Waals surface area contributed by atoms with E-state index in [1.165, 1.54) is 6.26 Å². The van der Waals surface area contributed by atoms with E-state index in [2.05, 4.69) is 0 Å². The molecule has 122 valence electrons. The van der Waals surface area contributed by atoms with Crippen LogP contribution in [0.5, 0.6) is 0 Å². The van der Waals surface area contributed by atoms with Crippen molar-refractivity contribution in [1.82, 2.24) is 4.90 Å². The Hall–Kier alpha value is -1.79. The van der Waals surface area contributed by atoms with Gasteiger partial charge in [0, 0.05) is 16.6 Å². The van der Waals surface area contributed by atoms with Crippen LogP contribution in [0, 0.1) is 0 Å². The Labute approximate surface area is 139 Å². The van der Waals surface area contributed by atoms with E-state index in [0.717, 1.165) is 0 Å². The number of sulfone groups is 1. The molecule has 1 saturated heterocycles. The predicted octanol–water partition coefficient (Wildman–Crippen LogP) is 2.76. The lowest BCUT2D eigenvalue weighted by molar-refractivity contribution is 0.0666. The van der Waals surface area contributed by atoms with Crippen LogP contribution in [-0.4, -0.2) is 36.8 Å². The third-order valence-electron chi connectivity index (χ3n) is 3.89. The van der Waals surface area contributed by atoms with Gasteiger partial charge in [0.05, 0.1) is 24.3 Å². The Kier molecular flexibility index (Phi) is 4.46. The summed E-state index contributed by atoms with van der Waals surface area (Å²) in [4.78, 5) is 14.4. The number of hydrogen-bond acceptors (Lipinski definition) is 4. The zero-order chi connectivity index (χ0) is 16.4. The van der Waals surface area contributed by atoms with Crippen LogP contribution in [0.1, 0.15) is 22.5 Å².